The van der Waals surface area contributed by atoms with Crippen LogP contribution in [0.5, 0.6) is 0 Å². The number of likely N-dealkylation sites (N-methyl/N-ethyl adjacent to an activating group) is 1. The number of hydrogen-bond acceptors (Lipinski definition) is 4. The Bertz CT molecular complexity index is 825. The smallest absolute Gasteiger partial charge is 0.263 e. The van der Waals surface area contributed by atoms with Crippen molar-refractivity contribution < 1.29 is 14.3 Å². The molecule has 0 spiro atoms. The zero-order chi connectivity index (χ0) is 20.9. The van der Waals surface area contributed by atoms with Crippen LogP contribution in [0.4, 0.5) is 0 Å². The second-order valence-electron chi connectivity index (χ2n) is 8.31. The predicted octanol–water partition coefficient (Wildman–Crippen LogP) is 3.85. The van der Waals surface area contributed by atoms with Gasteiger partial charge < -0.3 is 14.5 Å². The topological polar surface area (TPSA) is 49.9 Å². The molecule has 5 nitrogen and oxygen atoms in total. The molecule has 0 bridgehead atoms. The number of benzene rings is 1. The Morgan fingerprint density at radius 2 is 1.90 bits per heavy atom. The largest absolute Gasteiger partial charge is 0.368 e. The van der Waals surface area contributed by atoms with Gasteiger partial charge in [0.25, 0.3) is 11.8 Å². The van der Waals surface area contributed by atoms with Crippen LogP contribution in [-0.2, 0) is 16.0 Å². The Morgan fingerprint density at radius 1 is 1.13 bits per heavy atom. The number of likely N-dealkylation sites (tertiary alicyclic amines) is 1. The van der Waals surface area contributed by atoms with Crippen molar-refractivity contribution in [1.29, 1.82) is 0 Å². The molecule has 160 valence electrons. The number of rotatable bonds is 6. The lowest BCUT2D eigenvalue weighted by atomic mass is 9.84. The molecule has 2 amide bonds. The maximum atomic E-state index is 13.1. The monoisotopic (exact) mass is 426 g/mol. The first-order valence-corrected chi connectivity index (χ1v) is 11.8. The van der Waals surface area contributed by atoms with Crippen LogP contribution in [0.15, 0.2) is 47.8 Å². The van der Waals surface area contributed by atoms with Crippen molar-refractivity contribution in [1.82, 2.24) is 9.80 Å². The van der Waals surface area contributed by atoms with Crippen LogP contribution in [0.1, 0.15) is 40.9 Å². The maximum Gasteiger partial charge on any atom is 0.263 e. The fraction of sp³-hybridized carbons (Fsp3) is 0.500. The van der Waals surface area contributed by atoms with Crippen LogP contribution in [-0.4, -0.2) is 60.5 Å². The highest BCUT2D eigenvalue weighted by Crippen LogP contribution is 2.29. The first kappa shape index (κ1) is 21.1. The van der Waals surface area contributed by atoms with Gasteiger partial charge in [0.05, 0.1) is 4.88 Å². The van der Waals surface area contributed by atoms with E-state index in [1.54, 1.807) is 0 Å². The third-order valence-corrected chi connectivity index (χ3v) is 7.30. The molecule has 1 aromatic heterocycles. The van der Waals surface area contributed by atoms with Crippen molar-refractivity contribution in [2.45, 2.75) is 44.2 Å². The highest BCUT2D eigenvalue weighted by atomic mass is 32.1. The molecule has 0 saturated carbocycles. The van der Waals surface area contributed by atoms with E-state index in [0.29, 0.717) is 12.5 Å². The van der Waals surface area contributed by atoms with E-state index in [1.807, 2.05) is 40.4 Å². The Kier molecular flexibility index (Phi) is 6.85. The molecular formula is C24H30N2O3S. The van der Waals surface area contributed by atoms with E-state index in [4.69, 9.17) is 4.74 Å². The Morgan fingerprint density at radius 3 is 2.53 bits per heavy atom. The summed E-state index contributed by atoms with van der Waals surface area (Å²) in [6, 6.07) is 14.3. The van der Waals surface area contributed by atoms with Crippen molar-refractivity contribution in [2.24, 2.45) is 5.92 Å². The van der Waals surface area contributed by atoms with Gasteiger partial charge in [-0.15, -0.1) is 11.3 Å². The summed E-state index contributed by atoms with van der Waals surface area (Å²) in [5.41, 5.74) is 1.24. The van der Waals surface area contributed by atoms with Gasteiger partial charge in [-0.05, 0) is 55.0 Å². The summed E-state index contributed by atoms with van der Waals surface area (Å²) in [4.78, 5) is 30.5. The Labute approximate surface area is 182 Å². The molecule has 2 aliphatic rings. The molecule has 2 saturated heterocycles. The minimum Gasteiger partial charge on any atom is -0.368 e. The van der Waals surface area contributed by atoms with Gasteiger partial charge in [-0.3, -0.25) is 9.59 Å². The summed E-state index contributed by atoms with van der Waals surface area (Å²) in [5, 5.41) is 1.95. The second-order valence-corrected chi connectivity index (χ2v) is 9.26. The van der Waals surface area contributed by atoms with Crippen LogP contribution >= 0.6 is 11.3 Å². The average molecular weight is 427 g/mol. The lowest BCUT2D eigenvalue weighted by Gasteiger charge is -2.40. The van der Waals surface area contributed by atoms with E-state index < -0.39 is 0 Å². The molecule has 0 N–H and O–H groups in total. The third-order valence-electron chi connectivity index (χ3n) is 6.44. The zero-order valence-corrected chi connectivity index (χ0v) is 18.4. The van der Waals surface area contributed by atoms with Crippen molar-refractivity contribution in [3.8, 4) is 0 Å². The fourth-order valence-corrected chi connectivity index (χ4v) is 5.39. The summed E-state index contributed by atoms with van der Waals surface area (Å²) in [5.74, 6) is 0.602. The minimum absolute atomic E-state index is 0.0868. The van der Waals surface area contributed by atoms with E-state index in [9.17, 15) is 9.59 Å². The van der Waals surface area contributed by atoms with E-state index in [0.717, 1.165) is 50.1 Å². The van der Waals surface area contributed by atoms with Gasteiger partial charge in [-0.1, -0.05) is 36.4 Å². The van der Waals surface area contributed by atoms with Crippen molar-refractivity contribution in [3.63, 3.8) is 0 Å². The number of amides is 2. The Balaban J connectivity index is 1.45. The van der Waals surface area contributed by atoms with E-state index in [1.165, 1.54) is 16.9 Å². The van der Waals surface area contributed by atoms with Gasteiger partial charge in [0, 0.05) is 32.8 Å². The van der Waals surface area contributed by atoms with Gasteiger partial charge in [-0.25, -0.2) is 0 Å². The van der Waals surface area contributed by atoms with Crippen LogP contribution in [0.3, 0.4) is 0 Å². The number of hydrogen-bond donors (Lipinski definition) is 0. The second kappa shape index (κ2) is 9.75. The average Bonchev–Trinajstić information content (AvgIpc) is 3.51. The normalized spacial score (nSPS) is 20.8. The van der Waals surface area contributed by atoms with Crippen LogP contribution in [0.25, 0.3) is 0 Å². The molecule has 2 atom stereocenters. The fourth-order valence-electron chi connectivity index (χ4n) is 4.68. The first-order chi connectivity index (χ1) is 14.6. The molecular weight excluding hydrogens is 396 g/mol. The zero-order valence-electron chi connectivity index (χ0n) is 17.5. The van der Waals surface area contributed by atoms with Crippen molar-refractivity contribution in [3.05, 3.63) is 58.3 Å². The summed E-state index contributed by atoms with van der Waals surface area (Å²) in [6.07, 6.45) is 4.23. The SMILES string of the molecule is CN(C(=O)c1cccs1)[C@H](Cc1ccccc1)C1CCN(C(=O)[C@H]2CCCO2)CC1. The molecule has 0 radical (unpaired) electrons. The molecule has 4 rings (SSSR count). The predicted molar refractivity (Wildman–Crippen MR) is 119 cm³/mol. The quantitative estimate of drug-likeness (QED) is 0.705. The molecule has 3 heterocycles. The number of piperidine rings is 1. The van der Waals surface area contributed by atoms with Crippen LogP contribution in [0, 0.1) is 5.92 Å². The third kappa shape index (κ3) is 4.76. The lowest BCUT2D eigenvalue weighted by Crippen LogP contribution is -2.49. The molecule has 1 aromatic carbocycles. The number of carbonyl (C=O) groups is 2. The van der Waals surface area contributed by atoms with Gasteiger partial charge in [0.15, 0.2) is 0 Å². The molecule has 2 aromatic rings. The van der Waals surface area contributed by atoms with E-state index in [2.05, 4.69) is 24.3 Å². The summed E-state index contributed by atoms with van der Waals surface area (Å²) in [6.45, 7) is 2.19. The van der Waals surface area contributed by atoms with Crippen molar-refractivity contribution in [2.75, 3.05) is 26.7 Å². The lowest BCUT2D eigenvalue weighted by molar-refractivity contribution is -0.142. The minimum atomic E-state index is -0.246. The number of ether oxygens (including phenoxy) is 1. The van der Waals surface area contributed by atoms with E-state index >= 15 is 0 Å². The summed E-state index contributed by atoms with van der Waals surface area (Å²) >= 11 is 1.49. The number of thiophene rings is 1. The Hall–Kier alpha value is -2.18. The molecule has 2 aliphatic heterocycles. The van der Waals surface area contributed by atoms with Crippen LogP contribution < -0.4 is 0 Å². The van der Waals surface area contributed by atoms with Gasteiger partial charge in [0.2, 0.25) is 0 Å². The summed E-state index contributed by atoms with van der Waals surface area (Å²) in [7, 11) is 1.93. The molecule has 2 fully saturated rings. The van der Waals surface area contributed by atoms with Gasteiger partial charge in [-0.2, -0.15) is 0 Å². The highest BCUT2D eigenvalue weighted by molar-refractivity contribution is 7.12. The van der Waals surface area contributed by atoms with Gasteiger partial charge in [0.1, 0.15) is 6.10 Å². The van der Waals surface area contributed by atoms with Crippen LogP contribution in [0.2, 0.25) is 0 Å². The van der Waals surface area contributed by atoms with E-state index in [-0.39, 0.29) is 24.0 Å². The molecule has 6 heteroatoms. The maximum absolute atomic E-state index is 13.1. The molecule has 0 unspecified atom stereocenters. The first-order valence-electron chi connectivity index (χ1n) is 10.9. The van der Waals surface area contributed by atoms with Gasteiger partial charge >= 0.3 is 0 Å². The standard InChI is InChI=1S/C24H30N2O3S/c1-25(24(28)22-10-6-16-30-22)20(17-18-7-3-2-4-8-18)19-11-13-26(14-12-19)23(27)21-9-5-15-29-21/h2-4,6-8,10,16,19-21H,5,9,11-15,17H2,1H3/t20-,21-/m1/s1. The highest BCUT2D eigenvalue weighted by Gasteiger charge is 2.35. The summed E-state index contributed by atoms with van der Waals surface area (Å²) < 4.78 is 5.59. The number of carbonyl (C=O) groups excluding carboxylic acids is 2. The number of nitrogens with zero attached hydrogens (tertiary/aromatic N) is 2. The molecule has 30 heavy (non-hydrogen) atoms. The molecule has 0 aliphatic carbocycles. The van der Waals surface area contributed by atoms with Crippen molar-refractivity contribution >= 4 is 23.2 Å².